The van der Waals surface area contributed by atoms with Crippen molar-refractivity contribution in [3.8, 4) is 34.5 Å². The molecule has 0 atom stereocenters. The largest absolute Gasteiger partial charge is 1.00 e. The molecule has 1 aliphatic rings. The standard InChI is InChI=1S/C36H45O6Si.3ClH.Ti/c1-20-14-17-27(37-8)34(30(20)40-11)43(33-25(6)23(4)24(5)26(33)7,35-28(38-9)18-15-21(2)31(35)41-12)36-29(39-10)19-16-22(3)32(36)42-13;;;;/h14-19H,1-13H3;3*1H;/q;;;;+3/p-3. The van der Waals surface area contributed by atoms with Gasteiger partial charge in [-0.05, 0) is 0 Å². The molecule has 11 heteroatoms. The number of hydrogen-bond acceptors (Lipinski definition) is 6. The van der Waals surface area contributed by atoms with E-state index in [1.54, 1.807) is 42.7 Å². The topological polar surface area (TPSA) is 55.4 Å². The third-order valence-corrected chi connectivity index (χ3v) is 18.2. The summed E-state index contributed by atoms with van der Waals surface area (Å²) in [7, 11) is 6.70. The molecule has 0 saturated heterocycles. The van der Waals surface area contributed by atoms with E-state index in [1.807, 2.05) is 0 Å². The molecule has 0 unspecified atom stereocenters. The van der Waals surface area contributed by atoms with Crippen molar-refractivity contribution in [2.75, 3.05) is 42.7 Å². The van der Waals surface area contributed by atoms with Gasteiger partial charge in [0, 0.05) is 0 Å². The normalized spacial score (nSPS) is 13.7. The summed E-state index contributed by atoms with van der Waals surface area (Å²) in [6.45, 7) is 15.2. The molecule has 3 aromatic carbocycles. The second-order valence-electron chi connectivity index (χ2n) is 11.5. The third kappa shape index (κ3) is 6.10. The van der Waals surface area contributed by atoms with Crippen LogP contribution in [-0.2, 0) is 20.4 Å². The zero-order chi connectivity index (χ0) is 32.7. The summed E-state index contributed by atoms with van der Waals surface area (Å²) in [6.07, 6.45) is 0. The first-order valence-corrected chi connectivity index (χ1v) is 17.4. The van der Waals surface area contributed by atoms with Gasteiger partial charge in [-0.3, -0.25) is 0 Å². The number of allylic oxidation sites excluding steroid dienone is 4. The monoisotopic (exact) mass is 754 g/mol. The summed E-state index contributed by atoms with van der Waals surface area (Å²) in [5.41, 5.74) is 8.05. The van der Waals surface area contributed by atoms with E-state index in [9.17, 15) is 0 Å². The van der Waals surface area contributed by atoms with Crippen LogP contribution in [0.1, 0.15) is 44.4 Å². The van der Waals surface area contributed by atoms with Crippen LogP contribution in [0.3, 0.4) is 0 Å². The fourth-order valence-electron chi connectivity index (χ4n) is 7.28. The van der Waals surface area contributed by atoms with Gasteiger partial charge in [0.25, 0.3) is 0 Å². The van der Waals surface area contributed by atoms with Crippen molar-refractivity contribution in [2.24, 2.45) is 0 Å². The number of ether oxygens (including phenoxy) is 6. The van der Waals surface area contributed by atoms with Crippen molar-refractivity contribution in [3.63, 3.8) is 0 Å². The number of methoxy groups -OCH3 is 6. The van der Waals surface area contributed by atoms with E-state index < -0.39 is 11.4 Å². The van der Waals surface area contributed by atoms with Gasteiger partial charge in [0.1, 0.15) is 0 Å². The molecule has 1 aliphatic carbocycles. The van der Waals surface area contributed by atoms with Gasteiger partial charge < -0.3 is 37.2 Å². The van der Waals surface area contributed by atoms with Crippen molar-refractivity contribution in [3.05, 3.63) is 75.4 Å². The number of rotatable bonds is 10. The van der Waals surface area contributed by atoms with E-state index in [0.29, 0.717) is 0 Å². The van der Waals surface area contributed by atoms with E-state index >= 15 is 0 Å². The summed E-state index contributed by atoms with van der Waals surface area (Å²) in [4.78, 5) is 0. The molecular formula is C36H45Cl3O6SiTi. The van der Waals surface area contributed by atoms with Gasteiger partial charge in [-0.2, -0.15) is 0 Å². The molecule has 0 aliphatic heterocycles. The van der Waals surface area contributed by atoms with Crippen molar-refractivity contribution in [2.45, 2.75) is 51.8 Å². The van der Waals surface area contributed by atoms with Crippen molar-refractivity contribution < 1.29 is 86.1 Å². The van der Waals surface area contributed by atoms with E-state index in [4.69, 9.17) is 28.4 Å². The predicted octanol–water partition coefficient (Wildman–Crippen LogP) is -2.92. The van der Waals surface area contributed by atoms with Crippen LogP contribution in [0.2, 0.25) is 3.34 Å². The molecule has 0 N–H and O–H groups in total. The van der Waals surface area contributed by atoms with Crippen LogP contribution >= 0.6 is 0 Å². The molecule has 0 fully saturated rings. The molecule has 0 bridgehead atoms. The van der Waals surface area contributed by atoms with Crippen LogP contribution in [0.25, 0.3) is 0 Å². The Morgan fingerprint density at radius 1 is 0.447 bits per heavy atom. The number of hydrogen-bond donors (Lipinski definition) is 0. The maximum Gasteiger partial charge on any atom is -1.00 e. The molecule has 0 spiro atoms. The maximum atomic E-state index is 6.41. The number of benzene rings is 3. The minimum absolute atomic E-state index is 0. The summed E-state index contributed by atoms with van der Waals surface area (Å²) in [5, 5.41) is 2.90. The summed E-state index contributed by atoms with van der Waals surface area (Å²) in [6, 6.07) is 12.3. The molecule has 4 rings (SSSR count). The van der Waals surface area contributed by atoms with Crippen molar-refractivity contribution in [1.82, 2.24) is 0 Å². The molecule has 0 heterocycles. The van der Waals surface area contributed by atoms with Gasteiger partial charge in [0.05, 0.1) is 0 Å². The molecule has 0 saturated carbocycles. The molecule has 0 amide bonds. The van der Waals surface area contributed by atoms with Crippen molar-refractivity contribution in [1.29, 1.82) is 0 Å². The molecule has 3 aromatic rings. The number of aryl methyl sites for hydroxylation is 3. The molecular weight excluding hydrogens is 711 g/mol. The van der Waals surface area contributed by atoms with Crippen LogP contribution < -0.4 is 81.2 Å². The second kappa shape index (κ2) is 16.4. The van der Waals surface area contributed by atoms with E-state index in [0.717, 1.165) is 66.7 Å². The Morgan fingerprint density at radius 3 is 0.915 bits per heavy atom. The van der Waals surface area contributed by atoms with Crippen LogP contribution in [0.15, 0.2) is 58.7 Å². The quantitative estimate of drug-likeness (QED) is 0.164. The predicted molar refractivity (Wildman–Crippen MR) is 177 cm³/mol. The zero-order valence-corrected chi connectivity index (χ0v) is 34.4. The Hall–Kier alpha value is -2.26. The third-order valence-electron chi connectivity index (χ3n) is 9.72. The summed E-state index contributed by atoms with van der Waals surface area (Å²) in [5.74, 6) is 4.45. The van der Waals surface area contributed by atoms with Gasteiger partial charge in [-0.25, -0.2) is 0 Å². The fourth-order valence-corrected chi connectivity index (χ4v) is 16.6. The summed E-state index contributed by atoms with van der Waals surface area (Å²) < 4.78 is 37.6. The Balaban J connectivity index is 0.00000368. The molecule has 0 aromatic heterocycles. The van der Waals surface area contributed by atoms with Crippen molar-refractivity contribution >= 4 is 23.6 Å². The van der Waals surface area contributed by atoms with Gasteiger partial charge in [-0.15, -0.1) is 0 Å². The van der Waals surface area contributed by atoms with Crippen LogP contribution in [0.4, 0.5) is 0 Å². The zero-order valence-electron chi connectivity index (χ0n) is 29.5. The van der Waals surface area contributed by atoms with Gasteiger partial charge in [0.15, 0.2) is 0 Å². The first-order chi connectivity index (χ1) is 20.9. The Bertz CT molecular complexity index is 1510. The van der Waals surface area contributed by atoms with E-state index in [1.165, 1.54) is 22.3 Å². The Labute approximate surface area is 312 Å². The van der Waals surface area contributed by atoms with Gasteiger partial charge in [0.2, 0.25) is 0 Å². The second-order valence-corrected chi connectivity index (χ2v) is 17.2. The fraction of sp³-hybridized carbons (Fsp3) is 0.389. The average Bonchev–Trinajstić information content (AvgIpc) is 3.17. The van der Waals surface area contributed by atoms with Crippen LogP contribution in [-0.4, -0.2) is 50.7 Å². The van der Waals surface area contributed by atoms with Gasteiger partial charge in [-0.1, -0.05) is 0 Å². The number of halogens is 3. The Kier molecular flexibility index (Phi) is 14.9. The minimum Gasteiger partial charge on any atom is -1.00 e. The first-order valence-electron chi connectivity index (χ1n) is 14.7. The van der Waals surface area contributed by atoms with E-state index in [2.05, 4.69) is 105 Å². The van der Waals surface area contributed by atoms with Gasteiger partial charge >= 0.3 is 277 Å². The molecule has 47 heavy (non-hydrogen) atoms. The van der Waals surface area contributed by atoms with E-state index in [-0.39, 0.29) is 37.2 Å². The first kappa shape index (κ1) is 42.8. The summed E-state index contributed by atoms with van der Waals surface area (Å²) >= 11 is 2.37. The SMILES string of the molecule is COc1ccc(C)c(OC)c1[Si](c1c(OC)ccc(C)c1OC)(c1c(OC)ccc(C)c1OC)[C]1([Ti+3])C(C)=C(C)C(C)=C1C.[Cl-].[Cl-].[Cl-]. The molecule has 0 radical (unpaired) electrons. The molecule has 254 valence electrons. The smallest absolute Gasteiger partial charge is 1.00 e. The van der Waals surface area contributed by atoms with Crippen LogP contribution in [0, 0.1) is 20.8 Å². The Morgan fingerprint density at radius 2 is 0.702 bits per heavy atom. The van der Waals surface area contributed by atoms with Crippen LogP contribution in [0.5, 0.6) is 34.5 Å². The minimum atomic E-state index is -3.68. The molecule has 6 nitrogen and oxygen atoms in total. The average molecular weight is 756 g/mol. The maximum absolute atomic E-state index is 6.41.